The predicted molar refractivity (Wildman–Crippen MR) is 41.0 cm³/mol. The van der Waals surface area contributed by atoms with E-state index in [0.29, 0.717) is 6.42 Å². The van der Waals surface area contributed by atoms with Crippen molar-refractivity contribution in [3.8, 4) is 0 Å². The van der Waals surface area contributed by atoms with Crippen molar-refractivity contribution in [3.63, 3.8) is 0 Å². The zero-order chi connectivity index (χ0) is 8.65. The summed E-state index contributed by atoms with van der Waals surface area (Å²) in [5.74, 6) is -0.165. The van der Waals surface area contributed by atoms with Crippen LogP contribution < -0.4 is 0 Å². The first-order valence-corrected chi connectivity index (χ1v) is 3.57. The van der Waals surface area contributed by atoms with E-state index in [2.05, 4.69) is 5.18 Å². The van der Waals surface area contributed by atoms with Crippen molar-refractivity contribution >= 4 is 5.91 Å². The maximum atomic E-state index is 11.2. The summed E-state index contributed by atoms with van der Waals surface area (Å²) in [7, 11) is 3.37. The molecule has 0 aromatic rings. The van der Waals surface area contributed by atoms with Gasteiger partial charge in [-0.3, -0.25) is 4.79 Å². The SMILES string of the molecule is CN(C)C(=O)C1CC1(C)N=O. The Morgan fingerprint density at radius 1 is 1.64 bits per heavy atom. The summed E-state index contributed by atoms with van der Waals surface area (Å²) in [5, 5.41) is 2.92. The molecule has 0 heterocycles. The molecule has 4 nitrogen and oxygen atoms in total. The number of hydrogen-bond acceptors (Lipinski definition) is 3. The summed E-state index contributed by atoms with van der Waals surface area (Å²) < 4.78 is 0. The minimum absolute atomic E-state index is 0.00657. The number of amides is 1. The topological polar surface area (TPSA) is 49.7 Å². The molecule has 0 aromatic heterocycles. The Balaban J connectivity index is 2.56. The molecule has 0 bridgehead atoms. The van der Waals surface area contributed by atoms with E-state index >= 15 is 0 Å². The fourth-order valence-electron chi connectivity index (χ4n) is 1.12. The van der Waals surface area contributed by atoms with Crippen LogP contribution in [0.3, 0.4) is 0 Å². The number of carbonyl (C=O) groups excluding carboxylic acids is 1. The van der Waals surface area contributed by atoms with Gasteiger partial charge in [0.15, 0.2) is 0 Å². The molecule has 11 heavy (non-hydrogen) atoms. The van der Waals surface area contributed by atoms with Gasteiger partial charge >= 0.3 is 0 Å². The fraction of sp³-hybridized carbons (Fsp3) is 0.857. The summed E-state index contributed by atoms with van der Waals surface area (Å²) in [6.45, 7) is 1.71. The molecule has 1 amide bonds. The summed E-state index contributed by atoms with van der Waals surface area (Å²) in [6.07, 6.45) is 0.605. The molecule has 1 rings (SSSR count). The van der Waals surface area contributed by atoms with Gasteiger partial charge in [0.1, 0.15) is 5.54 Å². The Morgan fingerprint density at radius 3 is 2.45 bits per heavy atom. The molecule has 1 saturated carbocycles. The highest BCUT2D eigenvalue weighted by Gasteiger charge is 2.57. The molecule has 2 unspecified atom stereocenters. The second-order valence-electron chi connectivity index (χ2n) is 3.44. The summed E-state index contributed by atoms with van der Waals surface area (Å²) in [4.78, 5) is 22.9. The van der Waals surface area contributed by atoms with Gasteiger partial charge in [-0.15, -0.1) is 0 Å². The lowest BCUT2D eigenvalue weighted by Gasteiger charge is -2.09. The number of nitrogens with zero attached hydrogens (tertiary/aromatic N) is 2. The van der Waals surface area contributed by atoms with E-state index in [0.717, 1.165) is 0 Å². The first-order valence-electron chi connectivity index (χ1n) is 3.57. The molecule has 62 valence electrons. The zero-order valence-electron chi connectivity index (χ0n) is 7.00. The predicted octanol–water partition coefficient (Wildman–Crippen LogP) is 0.620. The maximum absolute atomic E-state index is 11.2. The van der Waals surface area contributed by atoms with Crippen LogP contribution in [0.25, 0.3) is 0 Å². The van der Waals surface area contributed by atoms with E-state index in [1.807, 2.05) is 0 Å². The normalized spacial score (nSPS) is 34.6. The zero-order valence-corrected chi connectivity index (χ0v) is 7.00. The van der Waals surface area contributed by atoms with Crippen molar-refractivity contribution in [1.82, 2.24) is 4.90 Å². The van der Waals surface area contributed by atoms with Gasteiger partial charge in [-0.05, 0) is 13.3 Å². The minimum atomic E-state index is -0.610. The smallest absolute Gasteiger partial charge is 0.227 e. The fourth-order valence-corrected chi connectivity index (χ4v) is 1.12. The van der Waals surface area contributed by atoms with Gasteiger partial charge in [0.25, 0.3) is 0 Å². The molecule has 0 N–H and O–H groups in total. The molecule has 1 aliphatic carbocycles. The molecule has 4 heteroatoms. The van der Waals surface area contributed by atoms with Crippen LogP contribution in [0.2, 0.25) is 0 Å². The van der Waals surface area contributed by atoms with Crippen LogP contribution in [0.4, 0.5) is 0 Å². The second-order valence-corrected chi connectivity index (χ2v) is 3.44. The third-order valence-corrected chi connectivity index (χ3v) is 2.16. The van der Waals surface area contributed by atoms with Gasteiger partial charge in [-0.1, -0.05) is 5.18 Å². The Labute approximate surface area is 65.5 Å². The first-order chi connectivity index (χ1) is 5.01. The molecule has 1 fully saturated rings. The van der Waals surface area contributed by atoms with Crippen LogP contribution in [0, 0.1) is 10.8 Å². The third kappa shape index (κ3) is 1.25. The quantitative estimate of drug-likeness (QED) is 0.550. The van der Waals surface area contributed by atoms with E-state index in [-0.39, 0.29) is 11.8 Å². The highest BCUT2D eigenvalue weighted by molar-refractivity contribution is 5.83. The van der Waals surface area contributed by atoms with E-state index in [1.54, 1.807) is 21.0 Å². The van der Waals surface area contributed by atoms with Gasteiger partial charge in [-0.25, -0.2) is 0 Å². The van der Waals surface area contributed by atoms with Gasteiger partial charge in [0.2, 0.25) is 5.91 Å². The minimum Gasteiger partial charge on any atom is -0.349 e. The summed E-state index contributed by atoms with van der Waals surface area (Å²) in [6, 6.07) is 0. The number of hydrogen-bond donors (Lipinski definition) is 0. The van der Waals surface area contributed by atoms with Crippen molar-refractivity contribution < 1.29 is 4.79 Å². The standard InChI is InChI=1S/C7H12N2O2/c1-7(8-11)4-5(7)6(10)9(2)3/h5H,4H2,1-3H3. The van der Waals surface area contributed by atoms with Gasteiger partial charge in [0, 0.05) is 14.1 Å². The highest BCUT2D eigenvalue weighted by atomic mass is 16.3. The largest absolute Gasteiger partial charge is 0.349 e. The number of carbonyl (C=O) groups is 1. The molecule has 1 aliphatic rings. The van der Waals surface area contributed by atoms with Crippen LogP contribution in [0.15, 0.2) is 5.18 Å². The molecular formula is C7H12N2O2. The maximum Gasteiger partial charge on any atom is 0.227 e. The van der Waals surface area contributed by atoms with Crippen LogP contribution in [-0.4, -0.2) is 30.4 Å². The van der Waals surface area contributed by atoms with Crippen molar-refractivity contribution in [2.24, 2.45) is 11.1 Å². The average Bonchev–Trinajstić information content (AvgIpc) is 2.62. The van der Waals surface area contributed by atoms with Crippen LogP contribution >= 0.6 is 0 Å². The molecular weight excluding hydrogens is 144 g/mol. The number of rotatable bonds is 2. The van der Waals surface area contributed by atoms with E-state index in [9.17, 15) is 9.70 Å². The molecule has 0 saturated heterocycles. The van der Waals surface area contributed by atoms with Gasteiger partial charge in [0.05, 0.1) is 5.92 Å². The lowest BCUT2D eigenvalue weighted by molar-refractivity contribution is -0.130. The number of nitroso groups, excluding NO2 is 1. The first kappa shape index (κ1) is 8.17. The second kappa shape index (κ2) is 2.29. The molecule has 2 atom stereocenters. The molecule has 0 aliphatic heterocycles. The average molecular weight is 156 g/mol. The van der Waals surface area contributed by atoms with E-state index in [4.69, 9.17) is 0 Å². The Hall–Kier alpha value is -0.930. The Bertz CT molecular complexity index is 203. The summed E-state index contributed by atoms with van der Waals surface area (Å²) in [5.41, 5.74) is -0.610. The molecule has 0 aromatic carbocycles. The van der Waals surface area contributed by atoms with Gasteiger partial charge < -0.3 is 4.90 Å². The van der Waals surface area contributed by atoms with Crippen molar-refractivity contribution in [2.45, 2.75) is 18.9 Å². The van der Waals surface area contributed by atoms with Crippen LogP contribution in [0.5, 0.6) is 0 Å². The van der Waals surface area contributed by atoms with E-state index in [1.165, 1.54) is 4.90 Å². The Morgan fingerprint density at radius 2 is 2.18 bits per heavy atom. The van der Waals surface area contributed by atoms with Crippen molar-refractivity contribution in [3.05, 3.63) is 4.91 Å². The van der Waals surface area contributed by atoms with Crippen molar-refractivity contribution in [1.29, 1.82) is 0 Å². The summed E-state index contributed by atoms with van der Waals surface area (Å²) >= 11 is 0. The van der Waals surface area contributed by atoms with E-state index < -0.39 is 5.54 Å². The Kier molecular flexibility index (Phi) is 1.70. The van der Waals surface area contributed by atoms with Gasteiger partial charge in [-0.2, -0.15) is 4.91 Å². The lowest BCUT2D eigenvalue weighted by Crippen LogP contribution is -2.26. The van der Waals surface area contributed by atoms with Crippen LogP contribution in [0.1, 0.15) is 13.3 Å². The van der Waals surface area contributed by atoms with Crippen molar-refractivity contribution in [2.75, 3.05) is 14.1 Å². The lowest BCUT2D eigenvalue weighted by atomic mass is 10.2. The molecule has 0 spiro atoms. The monoisotopic (exact) mass is 156 g/mol. The van der Waals surface area contributed by atoms with Crippen LogP contribution in [-0.2, 0) is 4.79 Å². The highest BCUT2D eigenvalue weighted by Crippen LogP contribution is 2.47. The third-order valence-electron chi connectivity index (χ3n) is 2.16. The molecule has 0 radical (unpaired) electrons.